The van der Waals surface area contributed by atoms with Crippen LogP contribution in [0.4, 0.5) is 0 Å². The molecule has 232 valence electrons. The monoisotopic (exact) mass is 614 g/mol. The van der Waals surface area contributed by atoms with E-state index in [9.17, 15) is 29.1 Å². The molecular formula is C30H39ClN6O6. The molecule has 0 spiro atoms. The van der Waals surface area contributed by atoms with Crippen molar-refractivity contribution in [3.63, 3.8) is 0 Å². The topological polar surface area (TPSA) is 190 Å². The van der Waals surface area contributed by atoms with Gasteiger partial charge in [-0.2, -0.15) is 0 Å². The summed E-state index contributed by atoms with van der Waals surface area (Å²) >= 11 is 0. The van der Waals surface area contributed by atoms with Crippen molar-refractivity contribution in [2.75, 3.05) is 19.6 Å². The highest BCUT2D eigenvalue weighted by molar-refractivity contribution is 5.96. The molecular weight excluding hydrogens is 576 g/mol. The number of nitrogens with two attached hydrogens (primary N) is 1. The minimum absolute atomic E-state index is 0. The lowest BCUT2D eigenvalue weighted by atomic mass is 10.0. The van der Waals surface area contributed by atoms with Crippen molar-refractivity contribution in [2.45, 2.75) is 62.7 Å². The number of amides is 5. The second-order valence-corrected chi connectivity index (χ2v) is 10.9. The second-order valence-electron chi connectivity index (χ2n) is 10.9. The Morgan fingerprint density at radius 2 is 1.40 bits per heavy atom. The maximum atomic E-state index is 13.8. The van der Waals surface area contributed by atoms with Gasteiger partial charge in [0.2, 0.25) is 23.6 Å². The van der Waals surface area contributed by atoms with Gasteiger partial charge in [-0.15, -0.1) is 0 Å². The highest BCUT2D eigenvalue weighted by atomic mass is 35.5. The van der Waals surface area contributed by atoms with Crippen LogP contribution in [0.15, 0.2) is 54.6 Å². The Morgan fingerprint density at radius 3 is 2.00 bits per heavy atom. The van der Waals surface area contributed by atoms with Crippen LogP contribution >= 0.6 is 0 Å². The van der Waals surface area contributed by atoms with Gasteiger partial charge in [-0.3, -0.25) is 24.0 Å². The molecule has 2 aromatic carbocycles. The summed E-state index contributed by atoms with van der Waals surface area (Å²) in [6.07, 6.45) is 2.69. The summed E-state index contributed by atoms with van der Waals surface area (Å²) in [6, 6.07) is 12.7. The van der Waals surface area contributed by atoms with Crippen molar-refractivity contribution in [3.05, 3.63) is 65.7 Å². The van der Waals surface area contributed by atoms with Crippen LogP contribution in [0, 0.1) is 0 Å². The first-order valence-electron chi connectivity index (χ1n) is 14.3. The van der Waals surface area contributed by atoms with Crippen LogP contribution in [0.2, 0.25) is 0 Å². The molecule has 0 aliphatic carbocycles. The van der Waals surface area contributed by atoms with Crippen LogP contribution in [-0.4, -0.2) is 88.2 Å². The molecule has 2 fully saturated rings. The lowest BCUT2D eigenvalue weighted by Crippen LogP contribution is -3.00. The van der Waals surface area contributed by atoms with Crippen LogP contribution in [0.5, 0.6) is 5.75 Å². The van der Waals surface area contributed by atoms with Crippen molar-refractivity contribution in [1.29, 1.82) is 0 Å². The van der Waals surface area contributed by atoms with Gasteiger partial charge in [0.25, 0.3) is 5.91 Å². The smallest absolute Gasteiger partial charge is 0.281 e. The van der Waals surface area contributed by atoms with E-state index in [-0.39, 0.29) is 37.0 Å². The van der Waals surface area contributed by atoms with Crippen molar-refractivity contribution in [1.82, 2.24) is 20.4 Å². The van der Waals surface area contributed by atoms with Crippen molar-refractivity contribution >= 4 is 29.5 Å². The van der Waals surface area contributed by atoms with E-state index in [4.69, 9.17) is 5.73 Å². The van der Waals surface area contributed by atoms with Crippen LogP contribution < -0.4 is 34.5 Å². The number of primary amides is 1. The predicted octanol–water partition coefficient (Wildman–Crippen LogP) is -4.14. The molecule has 43 heavy (non-hydrogen) atoms. The Hall–Kier alpha value is -4.16. The summed E-state index contributed by atoms with van der Waals surface area (Å²) in [7, 11) is 0. The van der Waals surface area contributed by atoms with Crippen molar-refractivity contribution < 1.29 is 47.2 Å². The first-order valence-corrected chi connectivity index (χ1v) is 14.3. The first-order chi connectivity index (χ1) is 20.1. The maximum absolute atomic E-state index is 13.8. The van der Waals surface area contributed by atoms with Gasteiger partial charge in [-0.1, -0.05) is 42.5 Å². The maximum Gasteiger partial charge on any atom is 0.281 e. The molecule has 12 nitrogen and oxygen atoms in total. The number of rotatable bonds is 11. The normalized spacial score (nSPS) is 19.2. The average molecular weight is 615 g/mol. The van der Waals surface area contributed by atoms with E-state index < -0.39 is 47.8 Å². The minimum Gasteiger partial charge on any atom is -1.00 e. The Kier molecular flexibility index (Phi) is 11.9. The Labute approximate surface area is 256 Å². The van der Waals surface area contributed by atoms with Crippen LogP contribution in [0.25, 0.3) is 0 Å². The number of nitrogens with one attached hydrogen (secondary N) is 2. The zero-order valence-corrected chi connectivity index (χ0v) is 24.7. The van der Waals surface area contributed by atoms with Gasteiger partial charge in [0.05, 0.1) is 6.54 Å². The number of benzene rings is 2. The third-order valence-corrected chi connectivity index (χ3v) is 7.78. The number of likely N-dealkylation sites (tertiary alicyclic amines) is 2. The number of phenols is 1. The Morgan fingerprint density at radius 1 is 0.837 bits per heavy atom. The van der Waals surface area contributed by atoms with Gasteiger partial charge in [0.15, 0.2) is 6.04 Å². The predicted molar refractivity (Wildman–Crippen MR) is 152 cm³/mol. The van der Waals surface area contributed by atoms with E-state index in [0.29, 0.717) is 45.2 Å². The van der Waals surface area contributed by atoms with Crippen LogP contribution in [-0.2, 0) is 36.8 Å². The lowest BCUT2D eigenvalue weighted by molar-refractivity contribution is -0.405. The molecule has 2 saturated heterocycles. The molecule has 0 radical (unpaired) electrons. The molecule has 2 aliphatic rings. The zero-order chi connectivity index (χ0) is 30.2. The highest BCUT2D eigenvalue weighted by Gasteiger charge is 2.41. The number of nitrogens with zero attached hydrogens (tertiary/aromatic N) is 2. The van der Waals surface area contributed by atoms with Crippen LogP contribution in [0.3, 0.4) is 0 Å². The molecule has 5 amide bonds. The molecule has 4 unspecified atom stereocenters. The summed E-state index contributed by atoms with van der Waals surface area (Å²) < 4.78 is 0. The summed E-state index contributed by atoms with van der Waals surface area (Å²) in [6.45, 7) is 0.417. The molecule has 4 atom stereocenters. The highest BCUT2D eigenvalue weighted by Crippen LogP contribution is 2.22. The van der Waals surface area contributed by atoms with Gasteiger partial charge in [0, 0.05) is 25.9 Å². The molecule has 13 heteroatoms. The summed E-state index contributed by atoms with van der Waals surface area (Å²) in [5.41, 5.74) is 10.9. The molecule has 0 bridgehead atoms. The molecule has 0 saturated carbocycles. The van der Waals surface area contributed by atoms with E-state index >= 15 is 0 Å². The largest absolute Gasteiger partial charge is 1.00 e. The summed E-state index contributed by atoms with van der Waals surface area (Å²) in [5.74, 6) is -2.10. The van der Waals surface area contributed by atoms with Crippen molar-refractivity contribution in [2.24, 2.45) is 5.73 Å². The van der Waals surface area contributed by atoms with E-state index in [1.807, 2.05) is 30.3 Å². The SMILES string of the molecule is NC(=O)CNC(=O)C1CCCN1C(=O)C(Cc1ccccc1)NC(=O)C1CCCN1C(=O)C([NH3+])Cc1ccc(O)cc1.[Cl-]. The molecule has 8 N–H and O–H groups in total. The van der Waals surface area contributed by atoms with Crippen molar-refractivity contribution in [3.8, 4) is 5.75 Å². The molecule has 2 aromatic rings. The second kappa shape index (κ2) is 15.4. The fourth-order valence-electron chi connectivity index (χ4n) is 5.65. The Balaban J connectivity index is 0.00000506. The number of carbonyl (C=O) groups is 5. The van der Waals surface area contributed by atoms with E-state index in [1.54, 1.807) is 24.3 Å². The average Bonchev–Trinajstić information content (AvgIpc) is 3.67. The van der Waals surface area contributed by atoms with Gasteiger partial charge in [-0.25, -0.2) is 0 Å². The minimum atomic E-state index is -0.963. The number of halogens is 1. The van der Waals surface area contributed by atoms with Gasteiger partial charge < -0.3 is 49.4 Å². The quantitative estimate of drug-likeness (QED) is 0.171. The number of aromatic hydroxyl groups is 1. The number of phenolic OH excluding ortho intramolecular Hbond substituents is 1. The standard InChI is InChI=1S/C30H38N6O6.ClH/c31-22(16-20-10-12-21(37)13-11-20)29(41)35-14-5-9-25(35)28(40)34-23(17-19-6-2-1-3-7-19)30(42)36-15-4-8-24(36)27(39)33-18-26(32)38;/h1-3,6-7,10-13,22-25,37H,4-5,8-9,14-18,31H2,(H2,32,38)(H,33,39)(H,34,40);1H. The summed E-state index contributed by atoms with van der Waals surface area (Å²) in [5, 5.41) is 14.9. The Bertz CT molecular complexity index is 1290. The molecule has 2 heterocycles. The third kappa shape index (κ3) is 8.68. The number of hydrogen-bond acceptors (Lipinski definition) is 6. The fraction of sp³-hybridized carbons (Fsp3) is 0.433. The first kappa shape index (κ1) is 33.3. The van der Waals surface area contributed by atoms with Gasteiger partial charge in [0.1, 0.15) is 23.9 Å². The van der Waals surface area contributed by atoms with Gasteiger partial charge >= 0.3 is 0 Å². The molecule has 2 aliphatic heterocycles. The number of carbonyl (C=O) groups excluding carboxylic acids is 5. The lowest BCUT2D eigenvalue weighted by Gasteiger charge is -2.31. The van der Waals surface area contributed by atoms with E-state index in [1.165, 1.54) is 9.80 Å². The molecule has 4 rings (SSSR count). The fourth-order valence-corrected chi connectivity index (χ4v) is 5.65. The van der Waals surface area contributed by atoms with Gasteiger partial charge in [-0.05, 0) is 48.9 Å². The van der Waals surface area contributed by atoms with E-state index in [0.717, 1.165) is 11.1 Å². The van der Waals surface area contributed by atoms with E-state index in [2.05, 4.69) is 16.4 Å². The number of hydrogen-bond donors (Lipinski definition) is 5. The van der Waals surface area contributed by atoms with Crippen LogP contribution in [0.1, 0.15) is 36.8 Å². The zero-order valence-electron chi connectivity index (χ0n) is 23.9. The number of quaternary nitrogens is 1. The summed E-state index contributed by atoms with van der Waals surface area (Å²) in [4.78, 5) is 67.7. The molecule has 0 aromatic heterocycles. The third-order valence-electron chi connectivity index (χ3n) is 7.78.